The van der Waals surface area contributed by atoms with Crippen LogP contribution >= 0.6 is 0 Å². The first-order chi connectivity index (χ1) is 8.56. The number of amides is 1. The molecule has 1 amide bonds. The summed E-state index contributed by atoms with van der Waals surface area (Å²) in [4.78, 5) is 15.7. The van der Waals surface area contributed by atoms with Gasteiger partial charge >= 0.3 is 0 Å². The minimum absolute atomic E-state index is 0.0938. The van der Waals surface area contributed by atoms with Crippen molar-refractivity contribution < 1.29 is 14.4 Å². The van der Waals surface area contributed by atoms with Crippen LogP contribution in [0.1, 0.15) is 27.6 Å². The van der Waals surface area contributed by atoms with Gasteiger partial charge in [-0.05, 0) is 31.5 Å². The smallest absolute Gasteiger partial charge is 0.251 e. The van der Waals surface area contributed by atoms with Crippen molar-refractivity contribution >= 4 is 5.91 Å². The van der Waals surface area contributed by atoms with Gasteiger partial charge in [-0.2, -0.15) is 4.98 Å². The Labute approximate surface area is 104 Å². The third-order valence-corrected chi connectivity index (χ3v) is 2.44. The maximum absolute atomic E-state index is 11.8. The Morgan fingerprint density at radius 3 is 2.83 bits per heavy atom. The van der Waals surface area contributed by atoms with E-state index in [-0.39, 0.29) is 18.2 Å². The number of carbonyl (C=O) groups is 1. The molecule has 1 aromatic heterocycles. The predicted octanol–water partition coefficient (Wildman–Crippen LogP) is 1.32. The second-order valence-electron chi connectivity index (χ2n) is 3.92. The number of carbonyl (C=O) groups excluding carboxylic acids is 1. The molecule has 0 radical (unpaired) electrons. The SMILES string of the molecule is Cc1noc(CNC(=O)c2ccc(C)c(O)c2)n1. The zero-order valence-corrected chi connectivity index (χ0v) is 10.1. The van der Waals surface area contributed by atoms with Crippen LogP contribution in [0.15, 0.2) is 22.7 Å². The van der Waals surface area contributed by atoms with Crippen molar-refractivity contribution in [3.63, 3.8) is 0 Å². The number of nitrogens with one attached hydrogen (secondary N) is 1. The lowest BCUT2D eigenvalue weighted by Crippen LogP contribution is -2.22. The van der Waals surface area contributed by atoms with Crippen LogP contribution in [-0.2, 0) is 6.54 Å². The standard InChI is InChI=1S/C12H13N3O3/c1-7-3-4-9(5-10(7)16)12(17)13-6-11-14-8(2)15-18-11/h3-5,16H,6H2,1-2H3,(H,13,17). The highest BCUT2D eigenvalue weighted by Gasteiger charge is 2.09. The Balaban J connectivity index is 2.01. The molecule has 0 bridgehead atoms. The quantitative estimate of drug-likeness (QED) is 0.854. The molecule has 1 aromatic carbocycles. The summed E-state index contributed by atoms with van der Waals surface area (Å²) in [7, 11) is 0. The summed E-state index contributed by atoms with van der Waals surface area (Å²) in [6.45, 7) is 3.62. The van der Waals surface area contributed by atoms with Gasteiger partial charge in [-0.1, -0.05) is 11.2 Å². The second-order valence-corrected chi connectivity index (χ2v) is 3.92. The van der Waals surface area contributed by atoms with E-state index in [0.29, 0.717) is 17.3 Å². The van der Waals surface area contributed by atoms with Crippen LogP contribution in [0.4, 0.5) is 0 Å². The summed E-state index contributed by atoms with van der Waals surface area (Å²) >= 11 is 0. The molecule has 2 aromatic rings. The first kappa shape index (κ1) is 12.1. The van der Waals surface area contributed by atoms with E-state index in [9.17, 15) is 9.90 Å². The first-order valence-corrected chi connectivity index (χ1v) is 5.43. The number of phenolic OH excluding ortho intramolecular Hbond substituents is 1. The number of hydrogen-bond donors (Lipinski definition) is 2. The highest BCUT2D eigenvalue weighted by Crippen LogP contribution is 2.17. The summed E-state index contributed by atoms with van der Waals surface area (Å²) < 4.78 is 4.87. The van der Waals surface area contributed by atoms with Gasteiger partial charge in [-0.15, -0.1) is 0 Å². The van der Waals surface area contributed by atoms with Crippen LogP contribution in [-0.4, -0.2) is 21.2 Å². The minimum Gasteiger partial charge on any atom is -0.508 e. The summed E-state index contributed by atoms with van der Waals surface area (Å²) in [5, 5.41) is 15.8. The third-order valence-electron chi connectivity index (χ3n) is 2.44. The zero-order chi connectivity index (χ0) is 13.1. The van der Waals surface area contributed by atoms with E-state index in [0.717, 1.165) is 5.56 Å². The Kier molecular flexibility index (Phi) is 3.27. The van der Waals surface area contributed by atoms with Gasteiger partial charge in [0.1, 0.15) is 5.75 Å². The molecule has 0 unspecified atom stereocenters. The van der Waals surface area contributed by atoms with Gasteiger partial charge < -0.3 is 14.9 Å². The molecule has 0 aliphatic rings. The van der Waals surface area contributed by atoms with Gasteiger partial charge in [-0.25, -0.2) is 0 Å². The third kappa shape index (κ3) is 2.65. The topological polar surface area (TPSA) is 88.2 Å². The Morgan fingerprint density at radius 2 is 2.22 bits per heavy atom. The molecule has 2 N–H and O–H groups in total. The minimum atomic E-state index is -0.304. The van der Waals surface area contributed by atoms with Gasteiger partial charge in [0.2, 0.25) is 5.89 Å². The number of hydrogen-bond acceptors (Lipinski definition) is 5. The lowest BCUT2D eigenvalue weighted by Gasteiger charge is -2.04. The summed E-state index contributed by atoms with van der Waals surface area (Å²) in [6, 6.07) is 4.74. The number of aromatic nitrogens is 2. The molecule has 0 atom stereocenters. The van der Waals surface area contributed by atoms with Gasteiger partial charge in [0, 0.05) is 5.56 Å². The molecule has 18 heavy (non-hydrogen) atoms. The van der Waals surface area contributed by atoms with E-state index < -0.39 is 0 Å². The van der Waals surface area contributed by atoms with E-state index >= 15 is 0 Å². The number of aryl methyl sites for hydroxylation is 2. The largest absolute Gasteiger partial charge is 0.508 e. The summed E-state index contributed by atoms with van der Waals surface area (Å²) in [6.07, 6.45) is 0. The van der Waals surface area contributed by atoms with Crippen LogP contribution in [0.5, 0.6) is 5.75 Å². The Morgan fingerprint density at radius 1 is 1.44 bits per heavy atom. The number of aromatic hydroxyl groups is 1. The predicted molar refractivity (Wildman–Crippen MR) is 63.0 cm³/mol. The van der Waals surface area contributed by atoms with Crippen molar-refractivity contribution in [2.24, 2.45) is 0 Å². The van der Waals surface area contributed by atoms with Crippen LogP contribution in [0, 0.1) is 13.8 Å². The maximum atomic E-state index is 11.8. The van der Waals surface area contributed by atoms with Crippen molar-refractivity contribution in [2.75, 3.05) is 0 Å². The zero-order valence-electron chi connectivity index (χ0n) is 10.1. The molecule has 2 rings (SSSR count). The average molecular weight is 247 g/mol. The molecule has 0 fully saturated rings. The van der Waals surface area contributed by atoms with E-state index in [2.05, 4.69) is 15.5 Å². The van der Waals surface area contributed by atoms with Crippen molar-refractivity contribution in [3.8, 4) is 5.75 Å². The molecule has 0 spiro atoms. The summed E-state index contributed by atoms with van der Waals surface area (Å²) in [5.41, 5.74) is 1.11. The molecule has 94 valence electrons. The highest BCUT2D eigenvalue weighted by atomic mass is 16.5. The van der Waals surface area contributed by atoms with E-state index in [1.54, 1.807) is 26.0 Å². The number of phenols is 1. The molecule has 0 aliphatic carbocycles. The van der Waals surface area contributed by atoms with E-state index in [1.807, 2.05) is 0 Å². The lowest BCUT2D eigenvalue weighted by atomic mass is 10.1. The molecular weight excluding hydrogens is 234 g/mol. The van der Waals surface area contributed by atoms with Crippen LogP contribution in [0.3, 0.4) is 0 Å². The Bertz CT molecular complexity index is 578. The first-order valence-electron chi connectivity index (χ1n) is 5.43. The van der Waals surface area contributed by atoms with Crippen LogP contribution in [0.2, 0.25) is 0 Å². The van der Waals surface area contributed by atoms with Crippen molar-refractivity contribution in [1.82, 2.24) is 15.5 Å². The fourth-order valence-corrected chi connectivity index (χ4v) is 1.42. The average Bonchev–Trinajstić information content (AvgIpc) is 2.75. The molecule has 0 aliphatic heterocycles. The van der Waals surface area contributed by atoms with Crippen LogP contribution < -0.4 is 5.32 Å². The molecule has 6 nitrogen and oxygen atoms in total. The van der Waals surface area contributed by atoms with Crippen molar-refractivity contribution in [1.29, 1.82) is 0 Å². The number of rotatable bonds is 3. The molecule has 1 heterocycles. The second kappa shape index (κ2) is 4.87. The van der Waals surface area contributed by atoms with Crippen LogP contribution in [0.25, 0.3) is 0 Å². The maximum Gasteiger partial charge on any atom is 0.251 e. The summed E-state index contributed by atoms with van der Waals surface area (Å²) in [5.74, 6) is 0.654. The number of benzene rings is 1. The van der Waals surface area contributed by atoms with Crippen molar-refractivity contribution in [3.05, 3.63) is 41.0 Å². The molecular formula is C12H13N3O3. The molecule has 0 saturated carbocycles. The van der Waals surface area contributed by atoms with Gasteiger partial charge in [0.15, 0.2) is 5.82 Å². The monoisotopic (exact) mass is 247 g/mol. The fourth-order valence-electron chi connectivity index (χ4n) is 1.42. The normalized spacial score (nSPS) is 10.3. The van der Waals surface area contributed by atoms with Gasteiger partial charge in [0.25, 0.3) is 5.91 Å². The highest BCUT2D eigenvalue weighted by molar-refractivity contribution is 5.94. The van der Waals surface area contributed by atoms with E-state index in [4.69, 9.17) is 4.52 Å². The fraction of sp³-hybridized carbons (Fsp3) is 0.250. The van der Waals surface area contributed by atoms with Gasteiger partial charge in [-0.3, -0.25) is 4.79 Å². The van der Waals surface area contributed by atoms with E-state index in [1.165, 1.54) is 6.07 Å². The lowest BCUT2D eigenvalue weighted by molar-refractivity contribution is 0.0946. The van der Waals surface area contributed by atoms with Crippen molar-refractivity contribution in [2.45, 2.75) is 20.4 Å². The number of nitrogens with zero attached hydrogens (tertiary/aromatic N) is 2. The Hall–Kier alpha value is -2.37. The molecule has 0 saturated heterocycles. The van der Waals surface area contributed by atoms with Gasteiger partial charge in [0.05, 0.1) is 6.54 Å². The molecule has 6 heteroatoms.